The molecular weight excluding hydrogens is 283 g/mol. The molecule has 112 valence electrons. The largest absolute Gasteiger partial charge is 0.395 e. The molecule has 2 N–H and O–H groups in total. The molecule has 0 saturated heterocycles. The molecular formula is C13H19FN2O3S. The zero-order chi connectivity index (χ0) is 14.8. The highest BCUT2D eigenvalue weighted by molar-refractivity contribution is 7.89. The van der Waals surface area contributed by atoms with Gasteiger partial charge in [-0.15, -0.1) is 0 Å². The van der Waals surface area contributed by atoms with Gasteiger partial charge in [0.05, 0.1) is 12.3 Å². The number of anilines is 1. The van der Waals surface area contributed by atoms with Crippen molar-refractivity contribution in [3.63, 3.8) is 0 Å². The second-order valence-electron chi connectivity index (χ2n) is 5.00. The average molecular weight is 302 g/mol. The Morgan fingerprint density at radius 3 is 2.80 bits per heavy atom. The molecule has 7 heteroatoms. The molecule has 0 bridgehead atoms. The van der Waals surface area contributed by atoms with E-state index in [1.54, 1.807) is 0 Å². The quantitative estimate of drug-likeness (QED) is 0.611. The minimum atomic E-state index is -3.79. The second kappa shape index (κ2) is 6.07. The van der Waals surface area contributed by atoms with E-state index >= 15 is 0 Å². The van der Waals surface area contributed by atoms with E-state index < -0.39 is 15.8 Å². The van der Waals surface area contributed by atoms with Crippen LogP contribution in [0.3, 0.4) is 0 Å². The molecule has 1 aliphatic rings. The molecule has 5 nitrogen and oxygen atoms in total. The Morgan fingerprint density at radius 2 is 2.15 bits per heavy atom. The lowest BCUT2D eigenvalue weighted by Gasteiger charge is -2.18. The lowest BCUT2D eigenvalue weighted by molar-refractivity contribution is 0.117. The number of likely N-dealkylation sites (N-methyl/N-ethyl adjacent to an activating group) is 1. The fourth-order valence-electron chi connectivity index (χ4n) is 1.76. The number of benzene rings is 1. The van der Waals surface area contributed by atoms with Crippen LogP contribution in [-0.2, 0) is 14.8 Å². The molecule has 1 saturated carbocycles. The van der Waals surface area contributed by atoms with Gasteiger partial charge in [0.25, 0.3) is 0 Å². The molecule has 0 spiro atoms. The van der Waals surface area contributed by atoms with Crippen molar-refractivity contribution in [1.29, 1.82) is 0 Å². The van der Waals surface area contributed by atoms with Crippen molar-refractivity contribution in [1.82, 2.24) is 4.31 Å². The van der Waals surface area contributed by atoms with E-state index in [1.807, 2.05) is 0 Å². The number of ether oxygens (including phenoxy) is 1. The zero-order valence-electron chi connectivity index (χ0n) is 11.4. The molecule has 1 aliphatic carbocycles. The Hall–Kier alpha value is -1.18. The predicted octanol–water partition coefficient (Wildman–Crippen LogP) is 1.45. The summed E-state index contributed by atoms with van der Waals surface area (Å²) >= 11 is 0. The SMILES string of the molecule is CN(CCOCC1CC1)S(=O)(=O)c1cccc(F)c1N. The van der Waals surface area contributed by atoms with Crippen LogP contribution >= 0.6 is 0 Å². The third kappa shape index (κ3) is 3.47. The van der Waals surface area contributed by atoms with Crippen LogP contribution in [0, 0.1) is 11.7 Å². The average Bonchev–Trinajstić information content (AvgIpc) is 3.21. The fraction of sp³-hybridized carbons (Fsp3) is 0.538. The topological polar surface area (TPSA) is 72.6 Å². The Labute approximate surface area is 118 Å². The summed E-state index contributed by atoms with van der Waals surface area (Å²) in [5.41, 5.74) is 5.15. The molecule has 0 radical (unpaired) electrons. The van der Waals surface area contributed by atoms with Gasteiger partial charge in [-0.25, -0.2) is 12.8 Å². The van der Waals surface area contributed by atoms with Gasteiger partial charge < -0.3 is 10.5 Å². The van der Waals surface area contributed by atoms with Gasteiger partial charge in [0.1, 0.15) is 10.7 Å². The highest BCUT2D eigenvalue weighted by Crippen LogP contribution is 2.28. The number of nitrogens with two attached hydrogens (primary N) is 1. The molecule has 0 aliphatic heterocycles. The molecule has 20 heavy (non-hydrogen) atoms. The minimum absolute atomic E-state index is 0.206. The molecule has 0 atom stereocenters. The first kappa shape index (κ1) is 15.2. The number of hydrogen-bond acceptors (Lipinski definition) is 4. The minimum Gasteiger partial charge on any atom is -0.395 e. The fourth-order valence-corrected chi connectivity index (χ4v) is 3.03. The molecule has 0 heterocycles. The van der Waals surface area contributed by atoms with Crippen LogP contribution in [0.1, 0.15) is 12.8 Å². The predicted molar refractivity (Wildman–Crippen MR) is 74.2 cm³/mol. The summed E-state index contributed by atoms with van der Waals surface area (Å²) in [4.78, 5) is -0.206. The monoisotopic (exact) mass is 302 g/mol. The van der Waals surface area contributed by atoms with E-state index in [9.17, 15) is 12.8 Å². The van der Waals surface area contributed by atoms with E-state index in [2.05, 4.69) is 0 Å². The van der Waals surface area contributed by atoms with Gasteiger partial charge in [-0.05, 0) is 30.9 Å². The third-order valence-corrected chi connectivity index (χ3v) is 5.22. The Bertz CT molecular complexity index is 573. The maximum Gasteiger partial charge on any atom is 0.245 e. The van der Waals surface area contributed by atoms with E-state index in [0.29, 0.717) is 19.1 Å². The van der Waals surface area contributed by atoms with Crippen LogP contribution in [-0.4, -0.2) is 39.5 Å². The molecule has 2 rings (SSSR count). The highest BCUT2D eigenvalue weighted by Gasteiger charge is 2.25. The number of hydrogen-bond donors (Lipinski definition) is 1. The normalized spacial score (nSPS) is 15.8. The Balaban J connectivity index is 1.98. The first-order chi connectivity index (χ1) is 9.43. The summed E-state index contributed by atoms with van der Waals surface area (Å²) in [5.74, 6) is -0.0970. The van der Waals surface area contributed by atoms with Gasteiger partial charge in [0.2, 0.25) is 10.0 Å². The summed E-state index contributed by atoms with van der Waals surface area (Å²) in [6.07, 6.45) is 2.38. The zero-order valence-corrected chi connectivity index (χ0v) is 12.2. The molecule has 0 amide bonds. The number of halogens is 1. The van der Waals surface area contributed by atoms with Crippen LogP contribution in [0.15, 0.2) is 23.1 Å². The Kier molecular flexibility index (Phi) is 4.62. The molecule has 1 aromatic rings. The molecule has 1 fully saturated rings. The van der Waals surface area contributed by atoms with Crippen LogP contribution in [0.4, 0.5) is 10.1 Å². The van der Waals surface area contributed by atoms with Crippen molar-refractivity contribution in [2.75, 3.05) is 32.5 Å². The second-order valence-corrected chi connectivity index (χ2v) is 7.01. The van der Waals surface area contributed by atoms with Crippen LogP contribution < -0.4 is 5.73 Å². The summed E-state index contributed by atoms with van der Waals surface area (Å²) in [6.45, 7) is 1.21. The summed E-state index contributed by atoms with van der Waals surface area (Å²) in [6, 6.07) is 3.76. The smallest absolute Gasteiger partial charge is 0.245 e. The van der Waals surface area contributed by atoms with Crippen molar-refractivity contribution in [3.8, 4) is 0 Å². The van der Waals surface area contributed by atoms with E-state index in [-0.39, 0.29) is 17.1 Å². The summed E-state index contributed by atoms with van der Waals surface area (Å²) in [5, 5.41) is 0. The van der Waals surface area contributed by atoms with Crippen LogP contribution in [0.25, 0.3) is 0 Å². The first-order valence-electron chi connectivity index (χ1n) is 6.51. The van der Waals surface area contributed by atoms with Gasteiger partial charge in [-0.3, -0.25) is 0 Å². The third-order valence-electron chi connectivity index (χ3n) is 3.30. The standard InChI is InChI=1S/C13H19FN2O3S/c1-16(7-8-19-9-10-5-6-10)20(17,18)12-4-2-3-11(14)13(12)15/h2-4,10H,5-9,15H2,1H3. The summed E-state index contributed by atoms with van der Waals surface area (Å²) in [7, 11) is -2.36. The van der Waals surface area contributed by atoms with Crippen molar-refractivity contribution in [3.05, 3.63) is 24.0 Å². The molecule has 1 aromatic carbocycles. The number of sulfonamides is 1. The first-order valence-corrected chi connectivity index (χ1v) is 7.95. The molecule has 0 unspecified atom stereocenters. The lowest BCUT2D eigenvalue weighted by atomic mass is 10.3. The van der Waals surface area contributed by atoms with Gasteiger partial charge in [0, 0.05) is 20.2 Å². The number of nitrogens with zero attached hydrogens (tertiary/aromatic N) is 1. The van der Waals surface area contributed by atoms with Gasteiger partial charge in [-0.1, -0.05) is 6.07 Å². The van der Waals surface area contributed by atoms with E-state index in [4.69, 9.17) is 10.5 Å². The maximum absolute atomic E-state index is 13.3. The van der Waals surface area contributed by atoms with Crippen molar-refractivity contribution in [2.45, 2.75) is 17.7 Å². The van der Waals surface area contributed by atoms with Gasteiger partial charge in [-0.2, -0.15) is 4.31 Å². The number of rotatable bonds is 7. The maximum atomic E-state index is 13.3. The van der Waals surface area contributed by atoms with E-state index in [1.165, 1.54) is 32.0 Å². The highest BCUT2D eigenvalue weighted by atomic mass is 32.2. The van der Waals surface area contributed by atoms with Gasteiger partial charge in [0.15, 0.2) is 0 Å². The van der Waals surface area contributed by atoms with Crippen LogP contribution in [0.5, 0.6) is 0 Å². The van der Waals surface area contributed by atoms with Crippen molar-refractivity contribution in [2.24, 2.45) is 5.92 Å². The van der Waals surface area contributed by atoms with Gasteiger partial charge >= 0.3 is 0 Å². The van der Waals surface area contributed by atoms with Crippen LogP contribution in [0.2, 0.25) is 0 Å². The van der Waals surface area contributed by atoms with Crippen molar-refractivity contribution < 1.29 is 17.5 Å². The van der Waals surface area contributed by atoms with E-state index in [0.717, 1.165) is 10.4 Å². The number of para-hydroxylation sites is 1. The number of nitrogen functional groups attached to an aromatic ring is 1. The molecule has 0 aromatic heterocycles. The van der Waals surface area contributed by atoms with Crippen molar-refractivity contribution >= 4 is 15.7 Å². The summed E-state index contributed by atoms with van der Waals surface area (Å²) < 4.78 is 44.4. The Morgan fingerprint density at radius 1 is 1.45 bits per heavy atom. The lowest BCUT2D eigenvalue weighted by Crippen LogP contribution is -2.31.